The molecule has 3 rings (SSSR count). The van der Waals surface area contributed by atoms with Gasteiger partial charge in [-0.2, -0.15) is 0 Å². The highest BCUT2D eigenvalue weighted by Gasteiger charge is 2.28. The first-order valence-electron chi connectivity index (χ1n) is 8.58. The van der Waals surface area contributed by atoms with Crippen LogP contribution in [0.4, 0.5) is 0 Å². The van der Waals surface area contributed by atoms with E-state index in [4.69, 9.17) is 9.47 Å². The van der Waals surface area contributed by atoms with Crippen molar-refractivity contribution in [1.82, 2.24) is 25.1 Å². The number of rotatable bonds is 6. The third-order valence-electron chi connectivity index (χ3n) is 4.10. The van der Waals surface area contributed by atoms with Gasteiger partial charge in [0.15, 0.2) is 0 Å². The Hall–Kier alpha value is -2.58. The smallest absolute Gasteiger partial charge is 0.253 e. The van der Waals surface area contributed by atoms with E-state index in [2.05, 4.69) is 20.5 Å². The second-order valence-electron chi connectivity index (χ2n) is 6.37. The van der Waals surface area contributed by atoms with Crippen molar-refractivity contribution >= 4 is 5.91 Å². The molecule has 26 heavy (non-hydrogen) atoms. The number of carbonyl (C=O) groups is 1. The fourth-order valence-corrected chi connectivity index (χ4v) is 2.63. The Morgan fingerprint density at radius 3 is 2.88 bits per heavy atom. The summed E-state index contributed by atoms with van der Waals surface area (Å²) >= 11 is 0. The number of hydrogen-bond acceptors (Lipinski definition) is 6. The molecule has 1 saturated heterocycles. The fraction of sp³-hybridized carbons (Fsp3) is 0.444. The molecule has 138 valence electrons. The lowest BCUT2D eigenvalue weighted by Gasteiger charge is -2.31. The van der Waals surface area contributed by atoms with Gasteiger partial charge in [0.2, 0.25) is 0 Å². The molecule has 1 aliphatic rings. The first-order chi connectivity index (χ1) is 12.6. The molecule has 1 N–H and O–H groups in total. The number of carbonyl (C=O) groups excluding carboxylic acids is 1. The predicted octanol–water partition coefficient (Wildman–Crippen LogP) is 1.53. The molecular weight excluding hydrogens is 334 g/mol. The molecule has 0 aromatic carbocycles. The lowest BCUT2D eigenvalue weighted by molar-refractivity contribution is -0.0457. The maximum atomic E-state index is 12.5. The molecule has 0 spiro atoms. The van der Waals surface area contributed by atoms with Crippen LogP contribution in [0.1, 0.15) is 30.6 Å². The van der Waals surface area contributed by atoms with Gasteiger partial charge >= 0.3 is 0 Å². The van der Waals surface area contributed by atoms with Crippen LogP contribution in [-0.2, 0) is 9.47 Å². The van der Waals surface area contributed by atoms with Crippen LogP contribution in [0.2, 0.25) is 0 Å². The Bertz CT molecular complexity index is 739. The number of allylic oxidation sites excluding steroid dienone is 1. The molecule has 0 aliphatic carbocycles. The zero-order valence-corrected chi connectivity index (χ0v) is 15.0. The molecule has 0 unspecified atom stereocenters. The van der Waals surface area contributed by atoms with E-state index in [1.54, 1.807) is 29.4 Å². The standard InChI is InChI=1S/C18H23N5O3/c1-13(2)5-8-26-16-6-7-25-10-15(16)22-18(24)14-3-4-17(19-9-14)23-11-20-21-12-23/h3-5,9,11-12,15-16H,6-8,10H2,1-2H3,(H,22,24)/t15-,16+/m1/s1. The lowest BCUT2D eigenvalue weighted by atomic mass is 10.1. The quantitative estimate of drug-likeness (QED) is 0.789. The number of hydrogen-bond donors (Lipinski definition) is 1. The summed E-state index contributed by atoms with van der Waals surface area (Å²) in [5, 5.41) is 10.5. The molecule has 1 amide bonds. The summed E-state index contributed by atoms with van der Waals surface area (Å²) in [6.07, 6.45) is 7.36. The normalized spacial score (nSPS) is 19.8. The van der Waals surface area contributed by atoms with Crippen LogP contribution in [0.25, 0.3) is 5.82 Å². The van der Waals surface area contributed by atoms with Gasteiger partial charge in [0, 0.05) is 12.8 Å². The van der Waals surface area contributed by atoms with E-state index in [0.29, 0.717) is 31.2 Å². The topological polar surface area (TPSA) is 91.2 Å². The van der Waals surface area contributed by atoms with Crippen LogP contribution in [0.15, 0.2) is 42.6 Å². The summed E-state index contributed by atoms with van der Waals surface area (Å²) in [7, 11) is 0. The van der Waals surface area contributed by atoms with Crippen LogP contribution in [0.5, 0.6) is 0 Å². The van der Waals surface area contributed by atoms with E-state index >= 15 is 0 Å². The summed E-state index contributed by atoms with van der Waals surface area (Å²) < 4.78 is 13.1. The number of aromatic nitrogens is 4. The Balaban J connectivity index is 1.61. The van der Waals surface area contributed by atoms with Gasteiger partial charge in [-0.05, 0) is 32.4 Å². The molecule has 2 atom stereocenters. The van der Waals surface area contributed by atoms with Gasteiger partial charge in [0.1, 0.15) is 18.5 Å². The molecule has 3 heterocycles. The van der Waals surface area contributed by atoms with Crippen molar-refractivity contribution in [2.45, 2.75) is 32.4 Å². The third kappa shape index (κ3) is 4.74. The zero-order valence-electron chi connectivity index (χ0n) is 15.0. The maximum Gasteiger partial charge on any atom is 0.253 e. The van der Waals surface area contributed by atoms with Crippen molar-refractivity contribution in [2.24, 2.45) is 0 Å². The third-order valence-corrected chi connectivity index (χ3v) is 4.10. The van der Waals surface area contributed by atoms with Crippen molar-refractivity contribution in [3.8, 4) is 5.82 Å². The van der Waals surface area contributed by atoms with Crippen LogP contribution < -0.4 is 5.32 Å². The minimum atomic E-state index is -0.195. The Morgan fingerprint density at radius 2 is 2.19 bits per heavy atom. The molecule has 2 aromatic heterocycles. The number of ether oxygens (including phenoxy) is 2. The van der Waals surface area contributed by atoms with Gasteiger partial charge in [-0.25, -0.2) is 4.98 Å². The van der Waals surface area contributed by atoms with Crippen molar-refractivity contribution in [2.75, 3.05) is 19.8 Å². The molecular formula is C18H23N5O3. The summed E-state index contributed by atoms with van der Waals surface area (Å²) in [4.78, 5) is 16.8. The highest BCUT2D eigenvalue weighted by Crippen LogP contribution is 2.13. The van der Waals surface area contributed by atoms with E-state index in [-0.39, 0.29) is 18.1 Å². The van der Waals surface area contributed by atoms with Crippen LogP contribution in [0, 0.1) is 0 Å². The number of nitrogens with one attached hydrogen (secondary N) is 1. The van der Waals surface area contributed by atoms with Gasteiger partial charge < -0.3 is 14.8 Å². The lowest BCUT2D eigenvalue weighted by Crippen LogP contribution is -2.50. The Kier molecular flexibility index (Phi) is 6.08. The van der Waals surface area contributed by atoms with E-state index in [9.17, 15) is 4.79 Å². The minimum absolute atomic E-state index is 0.0624. The summed E-state index contributed by atoms with van der Waals surface area (Å²) in [5.41, 5.74) is 1.69. The fourth-order valence-electron chi connectivity index (χ4n) is 2.63. The number of nitrogens with zero attached hydrogens (tertiary/aromatic N) is 4. The van der Waals surface area contributed by atoms with E-state index in [1.165, 1.54) is 11.8 Å². The monoisotopic (exact) mass is 357 g/mol. The largest absolute Gasteiger partial charge is 0.379 e. The first-order valence-corrected chi connectivity index (χ1v) is 8.58. The zero-order chi connectivity index (χ0) is 18.4. The average molecular weight is 357 g/mol. The SMILES string of the molecule is CC(C)=CCO[C@H]1CCOC[C@H]1NC(=O)c1ccc(-n2cnnc2)nc1. The summed E-state index contributed by atoms with van der Waals surface area (Å²) in [6, 6.07) is 3.29. The minimum Gasteiger partial charge on any atom is -0.379 e. The average Bonchev–Trinajstić information content (AvgIpc) is 3.18. The Morgan fingerprint density at radius 1 is 1.38 bits per heavy atom. The highest BCUT2D eigenvalue weighted by molar-refractivity contribution is 5.94. The van der Waals surface area contributed by atoms with Gasteiger partial charge in [-0.3, -0.25) is 9.36 Å². The van der Waals surface area contributed by atoms with E-state index < -0.39 is 0 Å². The van der Waals surface area contributed by atoms with Crippen LogP contribution >= 0.6 is 0 Å². The molecule has 8 heteroatoms. The van der Waals surface area contributed by atoms with Gasteiger partial charge in [0.05, 0.1) is 30.9 Å². The maximum absolute atomic E-state index is 12.5. The van der Waals surface area contributed by atoms with Gasteiger partial charge in [0.25, 0.3) is 5.91 Å². The van der Waals surface area contributed by atoms with Crippen LogP contribution in [0.3, 0.4) is 0 Å². The second-order valence-corrected chi connectivity index (χ2v) is 6.37. The Labute approximate surface area is 152 Å². The van der Waals surface area contributed by atoms with Gasteiger partial charge in [-0.1, -0.05) is 11.6 Å². The van der Waals surface area contributed by atoms with Crippen molar-refractivity contribution in [1.29, 1.82) is 0 Å². The summed E-state index contributed by atoms with van der Waals surface area (Å²) in [6.45, 7) is 5.68. The molecule has 8 nitrogen and oxygen atoms in total. The van der Waals surface area contributed by atoms with Gasteiger partial charge in [-0.15, -0.1) is 10.2 Å². The molecule has 0 radical (unpaired) electrons. The molecule has 2 aromatic rings. The molecule has 0 bridgehead atoms. The summed E-state index contributed by atoms with van der Waals surface area (Å²) in [5.74, 6) is 0.453. The van der Waals surface area contributed by atoms with Crippen molar-refractivity contribution in [3.05, 3.63) is 48.2 Å². The highest BCUT2D eigenvalue weighted by atomic mass is 16.5. The molecule has 1 fully saturated rings. The second kappa shape index (κ2) is 8.68. The van der Waals surface area contributed by atoms with E-state index in [1.807, 2.05) is 19.9 Å². The van der Waals surface area contributed by atoms with Crippen molar-refractivity contribution < 1.29 is 14.3 Å². The number of amides is 1. The predicted molar refractivity (Wildman–Crippen MR) is 95.0 cm³/mol. The molecule has 0 saturated carbocycles. The van der Waals surface area contributed by atoms with Crippen molar-refractivity contribution in [3.63, 3.8) is 0 Å². The molecule has 1 aliphatic heterocycles. The first kappa shape index (κ1) is 18.2. The van der Waals surface area contributed by atoms with E-state index in [0.717, 1.165) is 6.42 Å². The number of pyridine rings is 1. The van der Waals surface area contributed by atoms with Crippen LogP contribution in [-0.4, -0.2) is 57.6 Å².